The van der Waals surface area contributed by atoms with Crippen molar-refractivity contribution in [2.45, 2.75) is 224 Å². The van der Waals surface area contributed by atoms with Crippen molar-refractivity contribution < 1.29 is 42.1 Å². The zero-order chi connectivity index (χ0) is 40.6. The Bertz CT molecular complexity index is 1010. The van der Waals surface area contributed by atoms with Gasteiger partial charge in [-0.25, -0.2) is 4.57 Å². The van der Waals surface area contributed by atoms with Crippen molar-refractivity contribution in [3.8, 4) is 0 Å². The maximum atomic E-state index is 12.7. The zero-order valence-electron chi connectivity index (χ0n) is 36.8. The molecule has 10 heteroatoms. The normalized spacial score (nSPS) is 17.4. The van der Waals surface area contributed by atoms with E-state index < -0.39 is 26.5 Å². The van der Waals surface area contributed by atoms with Crippen LogP contribution in [0.2, 0.25) is 0 Å². The molecule has 0 saturated heterocycles. The van der Waals surface area contributed by atoms with Crippen LogP contribution in [0.1, 0.15) is 218 Å². The van der Waals surface area contributed by atoms with E-state index >= 15 is 0 Å². The molecule has 2 aliphatic carbocycles. The van der Waals surface area contributed by atoms with E-state index in [1.807, 2.05) is 21.1 Å². The van der Waals surface area contributed by atoms with Gasteiger partial charge in [0.05, 0.1) is 27.7 Å². The van der Waals surface area contributed by atoms with Crippen LogP contribution >= 0.6 is 7.82 Å². The highest BCUT2D eigenvalue weighted by atomic mass is 31.2. The van der Waals surface area contributed by atoms with Crippen LogP contribution in [0.25, 0.3) is 0 Å². The van der Waals surface area contributed by atoms with Gasteiger partial charge < -0.3 is 18.9 Å². The van der Waals surface area contributed by atoms with E-state index in [4.69, 9.17) is 18.5 Å². The number of phosphoric ester groups is 1. The zero-order valence-corrected chi connectivity index (χ0v) is 37.7. The number of carbonyl (C=O) groups is 2. The number of quaternary nitrogens is 1. The second kappa shape index (κ2) is 32.8. The van der Waals surface area contributed by atoms with Crippen molar-refractivity contribution >= 4 is 19.8 Å². The fraction of sp³-hybridized carbons (Fsp3) is 0.957. The smallest absolute Gasteiger partial charge is 0.462 e. The summed E-state index contributed by atoms with van der Waals surface area (Å²) in [5, 5.41) is 0. The van der Waals surface area contributed by atoms with E-state index in [0.717, 1.165) is 50.4 Å². The minimum absolute atomic E-state index is 0.0391. The molecule has 0 spiro atoms. The number of nitrogens with zero attached hydrogens (tertiary/aromatic N) is 1. The van der Waals surface area contributed by atoms with Gasteiger partial charge in [0, 0.05) is 12.8 Å². The highest BCUT2D eigenvalue weighted by molar-refractivity contribution is 7.47. The van der Waals surface area contributed by atoms with E-state index in [9.17, 15) is 19.0 Å². The molecule has 0 aromatic carbocycles. The SMILES string of the molecule is C[N+](C)(C)CCOP(=O)(O)OC[C@@H](COC(=O)CCCCCCCCCCCCC1CCCCC1)OC(=O)CCCCCCCCCCCCC1CCCCC1. The molecule has 1 N–H and O–H groups in total. The van der Waals surface area contributed by atoms with E-state index in [1.54, 1.807) is 0 Å². The number of ether oxygens (including phenoxy) is 2. The van der Waals surface area contributed by atoms with E-state index in [1.165, 1.54) is 167 Å². The van der Waals surface area contributed by atoms with Gasteiger partial charge in [0.15, 0.2) is 6.10 Å². The van der Waals surface area contributed by atoms with Gasteiger partial charge in [0.1, 0.15) is 19.8 Å². The summed E-state index contributed by atoms with van der Waals surface area (Å²) in [6, 6.07) is 0. The van der Waals surface area contributed by atoms with Gasteiger partial charge in [-0.15, -0.1) is 0 Å². The predicted molar refractivity (Wildman–Crippen MR) is 229 cm³/mol. The first kappa shape index (κ1) is 51.2. The number of hydrogen-bond donors (Lipinski definition) is 1. The van der Waals surface area contributed by atoms with Gasteiger partial charge in [0.25, 0.3) is 0 Å². The average molecular weight is 815 g/mol. The summed E-state index contributed by atoms with van der Waals surface area (Å²) in [4.78, 5) is 35.5. The Hall–Kier alpha value is -0.990. The molecule has 0 heterocycles. The summed E-state index contributed by atoms with van der Waals surface area (Å²) < 4.78 is 34.4. The van der Waals surface area contributed by atoms with Crippen LogP contribution in [0, 0.1) is 11.8 Å². The molecule has 0 aromatic rings. The molecule has 2 atom stereocenters. The minimum atomic E-state index is -4.37. The number of carbonyl (C=O) groups excluding carboxylic acids is 2. The summed E-state index contributed by atoms with van der Waals surface area (Å²) >= 11 is 0. The van der Waals surface area contributed by atoms with Crippen LogP contribution in [0.15, 0.2) is 0 Å². The van der Waals surface area contributed by atoms with E-state index in [-0.39, 0.29) is 25.6 Å². The Kier molecular flexibility index (Phi) is 30.0. The summed E-state index contributed by atoms with van der Waals surface area (Å²) in [5.74, 6) is 1.24. The quantitative estimate of drug-likeness (QED) is 0.0288. The molecule has 2 fully saturated rings. The van der Waals surface area contributed by atoms with Crippen LogP contribution in [-0.2, 0) is 32.7 Å². The van der Waals surface area contributed by atoms with Crippen LogP contribution in [0.5, 0.6) is 0 Å². The van der Waals surface area contributed by atoms with Crippen molar-refractivity contribution in [1.82, 2.24) is 0 Å². The number of hydrogen-bond acceptors (Lipinski definition) is 7. The summed E-state index contributed by atoms with van der Waals surface area (Å²) in [6.45, 7) is -0.0506. The van der Waals surface area contributed by atoms with Crippen LogP contribution in [-0.4, -0.2) is 74.9 Å². The van der Waals surface area contributed by atoms with Gasteiger partial charge in [-0.05, 0) is 24.7 Å². The highest BCUT2D eigenvalue weighted by Gasteiger charge is 2.27. The van der Waals surface area contributed by atoms with Crippen LogP contribution < -0.4 is 0 Å². The monoisotopic (exact) mass is 815 g/mol. The molecule has 2 aliphatic rings. The molecule has 330 valence electrons. The van der Waals surface area contributed by atoms with Crippen molar-refractivity contribution in [1.29, 1.82) is 0 Å². The molecule has 0 radical (unpaired) electrons. The first-order valence-electron chi connectivity index (χ1n) is 23.8. The maximum absolute atomic E-state index is 12.7. The summed E-state index contributed by atoms with van der Waals surface area (Å²) in [6.07, 6.45) is 41.0. The molecule has 2 rings (SSSR count). The lowest BCUT2D eigenvalue weighted by atomic mass is 9.85. The molecule has 0 bridgehead atoms. The van der Waals surface area contributed by atoms with Crippen molar-refractivity contribution in [3.05, 3.63) is 0 Å². The standard InChI is InChI=1S/C46H88NO8P/c1-47(2,3)38-39-53-56(50,51)54-41-44(55-46(49)37-29-19-15-11-7-5-9-13-17-23-31-43-34-26-21-27-35-43)40-52-45(48)36-28-18-14-10-6-4-8-12-16-22-30-42-32-24-20-25-33-42/h42-44H,4-41H2,1-3H3/p+1/t44-/m1/s1. The fourth-order valence-corrected chi connectivity index (χ4v) is 9.19. The Labute approximate surface area is 344 Å². The highest BCUT2D eigenvalue weighted by Crippen LogP contribution is 2.43. The lowest BCUT2D eigenvalue weighted by Crippen LogP contribution is -2.37. The van der Waals surface area contributed by atoms with Gasteiger partial charge in [-0.3, -0.25) is 18.6 Å². The third kappa shape index (κ3) is 31.0. The predicted octanol–water partition coefficient (Wildman–Crippen LogP) is 12.8. The number of esters is 2. The average Bonchev–Trinajstić information content (AvgIpc) is 3.17. The van der Waals surface area contributed by atoms with Crippen LogP contribution in [0.3, 0.4) is 0 Å². The number of likely N-dealkylation sites (N-methyl/N-ethyl adjacent to an activating group) is 1. The maximum Gasteiger partial charge on any atom is 0.472 e. The van der Waals surface area contributed by atoms with Crippen molar-refractivity contribution in [3.63, 3.8) is 0 Å². The fourth-order valence-electron chi connectivity index (χ4n) is 8.45. The van der Waals surface area contributed by atoms with Crippen molar-refractivity contribution in [2.24, 2.45) is 11.8 Å². The Morgan fingerprint density at radius 2 is 0.946 bits per heavy atom. The molecule has 0 aliphatic heterocycles. The topological polar surface area (TPSA) is 108 Å². The van der Waals surface area contributed by atoms with Crippen LogP contribution in [0.4, 0.5) is 0 Å². The molecule has 1 unspecified atom stereocenters. The number of rotatable bonds is 36. The minimum Gasteiger partial charge on any atom is -0.462 e. The largest absolute Gasteiger partial charge is 0.472 e. The van der Waals surface area contributed by atoms with Gasteiger partial charge >= 0.3 is 19.8 Å². The summed E-state index contributed by atoms with van der Waals surface area (Å²) in [7, 11) is 1.50. The van der Waals surface area contributed by atoms with Gasteiger partial charge in [0.2, 0.25) is 0 Å². The third-order valence-corrected chi connectivity index (χ3v) is 13.1. The Balaban J connectivity index is 1.54. The van der Waals surface area contributed by atoms with Gasteiger partial charge in [-0.2, -0.15) is 0 Å². The third-order valence-electron chi connectivity index (χ3n) is 12.1. The Morgan fingerprint density at radius 3 is 1.38 bits per heavy atom. The molecule has 2 saturated carbocycles. The molecule has 0 aromatic heterocycles. The van der Waals surface area contributed by atoms with Crippen molar-refractivity contribution in [2.75, 3.05) is 47.5 Å². The molecular formula is C46H89NO8P+. The number of unbranched alkanes of at least 4 members (excludes halogenated alkanes) is 18. The first-order valence-corrected chi connectivity index (χ1v) is 25.3. The Morgan fingerprint density at radius 1 is 0.554 bits per heavy atom. The molecule has 56 heavy (non-hydrogen) atoms. The van der Waals surface area contributed by atoms with Gasteiger partial charge in [-0.1, -0.05) is 193 Å². The number of phosphoric acid groups is 1. The molecule has 9 nitrogen and oxygen atoms in total. The second-order valence-electron chi connectivity index (χ2n) is 18.6. The second-order valence-corrected chi connectivity index (χ2v) is 20.0. The lowest BCUT2D eigenvalue weighted by molar-refractivity contribution is -0.870. The lowest BCUT2D eigenvalue weighted by Gasteiger charge is -2.24. The first-order chi connectivity index (χ1) is 27.0. The summed E-state index contributed by atoms with van der Waals surface area (Å²) in [5.41, 5.74) is 0. The van der Waals surface area contributed by atoms with E-state index in [0.29, 0.717) is 17.4 Å². The molecule has 0 amide bonds. The van der Waals surface area contributed by atoms with E-state index in [2.05, 4.69) is 0 Å². The molecular weight excluding hydrogens is 725 g/mol.